The second-order valence-corrected chi connectivity index (χ2v) is 4.41. The van der Waals surface area contributed by atoms with Crippen molar-refractivity contribution in [1.82, 2.24) is 16.0 Å². The molecule has 0 saturated carbocycles. The van der Waals surface area contributed by atoms with Crippen LogP contribution in [0.15, 0.2) is 0 Å². The van der Waals surface area contributed by atoms with Crippen LogP contribution in [0.1, 0.15) is 26.7 Å². The van der Waals surface area contributed by atoms with Crippen molar-refractivity contribution in [3.05, 3.63) is 0 Å². The van der Waals surface area contributed by atoms with E-state index in [1.807, 2.05) is 0 Å². The number of nitrogens with one attached hydrogen (secondary N) is 3. The summed E-state index contributed by atoms with van der Waals surface area (Å²) in [5.41, 5.74) is 0. The van der Waals surface area contributed by atoms with Crippen LogP contribution in [0, 0.1) is 5.92 Å². The van der Waals surface area contributed by atoms with Crippen LogP contribution in [0.25, 0.3) is 0 Å². The molecule has 1 saturated heterocycles. The standard InChI is InChI=1S/C11H21N3O2/c1-8-3-4-13-10(7-8)11(16)14-6-5-12-9(2)15/h8,10,13H,3-7H2,1-2H3,(H,12,15)(H,14,16). The first kappa shape index (κ1) is 13.0. The van der Waals surface area contributed by atoms with Gasteiger partial charge in [0, 0.05) is 20.0 Å². The maximum atomic E-state index is 11.7. The lowest BCUT2D eigenvalue weighted by Crippen LogP contribution is -2.49. The number of carbonyl (C=O) groups is 2. The van der Waals surface area contributed by atoms with Crippen molar-refractivity contribution in [2.45, 2.75) is 32.7 Å². The summed E-state index contributed by atoms with van der Waals surface area (Å²) in [6.45, 7) is 5.52. The lowest BCUT2D eigenvalue weighted by molar-refractivity contribution is -0.124. The number of amides is 2. The third kappa shape index (κ3) is 4.61. The van der Waals surface area contributed by atoms with Crippen molar-refractivity contribution in [2.24, 2.45) is 5.92 Å². The number of hydrogen-bond acceptors (Lipinski definition) is 3. The zero-order chi connectivity index (χ0) is 12.0. The zero-order valence-corrected chi connectivity index (χ0v) is 10.0. The first-order chi connectivity index (χ1) is 7.59. The number of piperidine rings is 1. The van der Waals surface area contributed by atoms with E-state index in [2.05, 4.69) is 22.9 Å². The van der Waals surface area contributed by atoms with Gasteiger partial charge in [-0.25, -0.2) is 0 Å². The minimum Gasteiger partial charge on any atom is -0.355 e. The minimum absolute atomic E-state index is 0.0388. The minimum atomic E-state index is -0.0707. The van der Waals surface area contributed by atoms with Gasteiger partial charge in [0.15, 0.2) is 0 Å². The molecule has 5 heteroatoms. The molecule has 0 bridgehead atoms. The highest BCUT2D eigenvalue weighted by Gasteiger charge is 2.23. The van der Waals surface area contributed by atoms with Crippen molar-refractivity contribution < 1.29 is 9.59 Å². The van der Waals surface area contributed by atoms with E-state index in [1.54, 1.807) is 0 Å². The summed E-state index contributed by atoms with van der Waals surface area (Å²) < 4.78 is 0. The quantitative estimate of drug-likeness (QED) is 0.574. The topological polar surface area (TPSA) is 70.2 Å². The molecule has 2 amide bonds. The van der Waals surface area contributed by atoms with Gasteiger partial charge in [0.1, 0.15) is 0 Å². The van der Waals surface area contributed by atoms with Crippen molar-refractivity contribution in [3.8, 4) is 0 Å². The molecule has 5 nitrogen and oxygen atoms in total. The summed E-state index contributed by atoms with van der Waals surface area (Å²) in [4.78, 5) is 22.3. The zero-order valence-electron chi connectivity index (χ0n) is 10.0. The molecule has 1 aliphatic rings. The van der Waals surface area contributed by atoms with Gasteiger partial charge >= 0.3 is 0 Å². The Balaban J connectivity index is 2.16. The molecule has 0 aliphatic carbocycles. The molecule has 1 rings (SSSR count). The molecule has 1 aliphatic heterocycles. The van der Waals surface area contributed by atoms with Gasteiger partial charge in [0.25, 0.3) is 0 Å². The number of rotatable bonds is 4. The molecule has 92 valence electrons. The van der Waals surface area contributed by atoms with Gasteiger partial charge in [-0.3, -0.25) is 9.59 Å². The van der Waals surface area contributed by atoms with E-state index in [1.165, 1.54) is 6.92 Å². The van der Waals surface area contributed by atoms with Crippen molar-refractivity contribution in [3.63, 3.8) is 0 Å². The van der Waals surface area contributed by atoms with E-state index < -0.39 is 0 Å². The fourth-order valence-electron chi connectivity index (χ4n) is 1.85. The fraction of sp³-hybridized carbons (Fsp3) is 0.818. The monoisotopic (exact) mass is 227 g/mol. The Kier molecular flexibility index (Phi) is 5.25. The third-order valence-corrected chi connectivity index (χ3v) is 2.78. The summed E-state index contributed by atoms with van der Waals surface area (Å²) >= 11 is 0. The molecule has 0 aromatic heterocycles. The Morgan fingerprint density at radius 1 is 1.31 bits per heavy atom. The van der Waals surface area contributed by atoms with Gasteiger partial charge in [0.2, 0.25) is 11.8 Å². The molecule has 0 spiro atoms. The molecule has 1 heterocycles. The van der Waals surface area contributed by atoms with E-state index >= 15 is 0 Å². The van der Waals surface area contributed by atoms with E-state index in [9.17, 15) is 9.59 Å². The molecule has 0 aromatic carbocycles. The highest BCUT2D eigenvalue weighted by atomic mass is 16.2. The first-order valence-corrected chi connectivity index (χ1v) is 5.85. The SMILES string of the molecule is CC(=O)NCCNC(=O)C1CC(C)CCN1. The van der Waals surface area contributed by atoms with Crippen LogP contribution in [0.5, 0.6) is 0 Å². The van der Waals surface area contributed by atoms with E-state index in [-0.39, 0.29) is 17.9 Å². The van der Waals surface area contributed by atoms with Gasteiger partial charge in [0.05, 0.1) is 6.04 Å². The molecule has 0 aromatic rings. The Labute approximate surface area is 96.4 Å². The number of hydrogen-bond donors (Lipinski definition) is 3. The van der Waals surface area contributed by atoms with Crippen LogP contribution >= 0.6 is 0 Å². The normalized spacial score (nSPS) is 24.9. The predicted octanol–water partition coefficient (Wildman–Crippen LogP) is -0.373. The first-order valence-electron chi connectivity index (χ1n) is 5.85. The fourth-order valence-corrected chi connectivity index (χ4v) is 1.85. The molecule has 3 N–H and O–H groups in total. The number of carbonyl (C=O) groups excluding carboxylic acids is 2. The van der Waals surface area contributed by atoms with Crippen LogP contribution in [-0.4, -0.2) is 37.5 Å². The van der Waals surface area contributed by atoms with Gasteiger partial charge in [-0.2, -0.15) is 0 Å². The molecule has 16 heavy (non-hydrogen) atoms. The van der Waals surface area contributed by atoms with Gasteiger partial charge in [-0.05, 0) is 25.3 Å². The van der Waals surface area contributed by atoms with E-state index in [0.29, 0.717) is 19.0 Å². The summed E-state index contributed by atoms with van der Waals surface area (Å²) in [6.07, 6.45) is 2.03. The molecule has 2 atom stereocenters. The maximum absolute atomic E-state index is 11.7. The van der Waals surface area contributed by atoms with Crippen LogP contribution in [0.4, 0.5) is 0 Å². The lowest BCUT2D eigenvalue weighted by Gasteiger charge is -2.27. The van der Waals surface area contributed by atoms with Crippen LogP contribution in [-0.2, 0) is 9.59 Å². The highest BCUT2D eigenvalue weighted by molar-refractivity contribution is 5.81. The Bertz CT molecular complexity index is 256. The predicted molar refractivity (Wildman–Crippen MR) is 61.9 cm³/mol. The lowest BCUT2D eigenvalue weighted by atomic mass is 9.94. The average molecular weight is 227 g/mol. The van der Waals surface area contributed by atoms with Gasteiger partial charge in [-0.1, -0.05) is 6.92 Å². The van der Waals surface area contributed by atoms with Crippen molar-refractivity contribution in [1.29, 1.82) is 0 Å². The molecule has 1 fully saturated rings. The van der Waals surface area contributed by atoms with Crippen LogP contribution in [0.3, 0.4) is 0 Å². The largest absolute Gasteiger partial charge is 0.355 e. The van der Waals surface area contributed by atoms with Crippen molar-refractivity contribution in [2.75, 3.05) is 19.6 Å². The smallest absolute Gasteiger partial charge is 0.237 e. The molecule has 2 unspecified atom stereocenters. The summed E-state index contributed by atoms with van der Waals surface area (Å²) in [5.74, 6) is 0.572. The van der Waals surface area contributed by atoms with Crippen LogP contribution < -0.4 is 16.0 Å². The van der Waals surface area contributed by atoms with Crippen LogP contribution in [0.2, 0.25) is 0 Å². The second kappa shape index (κ2) is 6.48. The molecular formula is C11H21N3O2. The second-order valence-electron chi connectivity index (χ2n) is 4.41. The van der Waals surface area contributed by atoms with E-state index in [0.717, 1.165) is 19.4 Å². The Hall–Kier alpha value is -1.10. The van der Waals surface area contributed by atoms with E-state index in [4.69, 9.17) is 0 Å². The summed E-state index contributed by atoms with van der Waals surface area (Å²) in [5, 5.41) is 8.65. The Morgan fingerprint density at radius 2 is 2.00 bits per heavy atom. The average Bonchev–Trinajstić information content (AvgIpc) is 2.24. The molecule has 0 radical (unpaired) electrons. The summed E-state index contributed by atoms with van der Waals surface area (Å²) in [6, 6.07) is -0.0684. The highest BCUT2D eigenvalue weighted by Crippen LogP contribution is 2.14. The summed E-state index contributed by atoms with van der Waals surface area (Å²) in [7, 11) is 0. The van der Waals surface area contributed by atoms with Gasteiger partial charge < -0.3 is 16.0 Å². The van der Waals surface area contributed by atoms with Gasteiger partial charge in [-0.15, -0.1) is 0 Å². The Morgan fingerprint density at radius 3 is 2.62 bits per heavy atom. The van der Waals surface area contributed by atoms with Crippen molar-refractivity contribution >= 4 is 11.8 Å². The maximum Gasteiger partial charge on any atom is 0.237 e. The third-order valence-electron chi connectivity index (χ3n) is 2.78. The molecular weight excluding hydrogens is 206 g/mol.